The number of methoxy groups -OCH3 is 1. The first-order valence-corrected chi connectivity index (χ1v) is 9.30. The number of rotatable bonds is 4. The van der Waals surface area contributed by atoms with E-state index in [9.17, 15) is 9.18 Å². The molecule has 0 radical (unpaired) electrons. The number of hydrogen-bond donors (Lipinski definition) is 0. The van der Waals surface area contributed by atoms with Crippen LogP contribution < -0.4 is 0 Å². The van der Waals surface area contributed by atoms with Crippen molar-refractivity contribution in [2.45, 2.75) is 43.8 Å². The van der Waals surface area contributed by atoms with Crippen molar-refractivity contribution in [2.24, 2.45) is 5.92 Å². The maximum absolute atomic E-state index is 13.3. The molecule has 4 heteroatoms. The number of fused-ring (bicyclic) bond motifs is 2. The van der Waals surface area contributed by atoms with E-state index in [0.29, 0.717) is 6.04 Å². The first-order valence-electron chi connectivity index (χ1n) is 9.30. The zero-order chi connectivity index (χ0) is 18.1. The molecule has 2 fully saturated rings. The zero-order valence-corrected chi connectivity index (χ0v) is 15.0. The SMILES string of the molecule is COC(=O)[C@@H]1C2CCC(C[C@@H]1c1ccc(F)cc1)N2Cc1ccccc1. The Morgan fingerprint density at radius 3 is 2.54 bits per heavy atom. The molecule has 2 heterocycles. The monoisotopic (exact) mass is 353 g/mol. The molecular weight excluding hydrogens is 329 g/mol. The van der Waals surface area contributed by atoms with Crippen molar-refractivity contribution >= 4 is 5.97 Å². The Morgan fingerprint density at radius 2 is 1.85 bits per heavy atom. The Labute approximate surface area is 153 Å². The fraction of sp³-hybridized carbons (Fsp3) is 0.409. The van der Waals surface area contributed by atoms with Crippen LogP contribution in [0.2, 0.25) is 0 Å². The van der Waals surface area contributed by atoms with Crippen molar-refractivity contribution in [2.75, 3.05) is 7.11 Å². The molecular formula is C22H24FNO2. The minimum Gasteiger partial charge on any atom is -0.469 e. The number of nitrogens with zero attached hydrogens (tertiary/aromatic N) is 1. The average Bonchev–Trinajstić information content (AvgIpc) is 2.93. The molecule has 2 aliphatic heterocycles. The van der Waals surface area contributed by atoms with Gasteiger partial charge in [-0.2, -0.15) is 0 Å². The summed E-state index contributed by atoms with van der Waals surface area (Å²) in [6, 6.07) is 17.7. The smallest absolute Gasteiger partial charge is 0.310 e. The predicted octanol–water partition coefficient (Wildman–Crippen LogP) is 4.14. The lowest BCUT2D eigenvalue weighted by molar-refractivity contribution is -0.150. The van der Waals surface area contributed by atoms with E-state index in [1.165, 1.54) is 24.8 Å². The predicted molar refractivity (Wildman–Crippen MR) is 98.1 cm³/mol. The molecule has 0 amide bonds. The second-order valence-corrected chi connectivity index (χ2v) is 7.40. The molecule has 2 aliphatic rings. The minimum atomic E-state index is -0.243. The van der Waals surface area contributed by atoms with E-state index in [0.717, 1.165) is 31.4 Å². The van der Waals surface area contributed by atoms with Gasteiger partial charge in [-0.25, -0.2) is 4.39 Å². The maximum atomic E-state index is 13.3. The van der Waals surface area contributed by atoms with Gasteiger partial charge in [0.2, 0.25) is 0 Å². The number of esters is 1. The van der Waals surface area contributed by atoms with Gasteiger partial charge in [-0.1, -0.05) is 42.5 Å². The van der Waals surface area contributed by atoms with E-state index in [-0.39, 0.29) is 29.7 Å². The Hall–Kier alpha value is -2.20. The van der Waals surface area contributed by atoms with Crippen molar-refractivity contribution in [3.05, 3.63) is 71.5 Å². The van der Waals surface area contributed by atoms with Crippen LogP contribution in [0.4, 0.5) is 4.39 Å². The molecule has 2 aromatic rings. The lowest BCUT2D eigenvalue weighted by atomic mass is 9.76. The summed E-state index contributed by atoms with van der Waals surface area (Å²) in [7, 11) is 1.46. The molecule has 26 heavy (non-hydrogen) atoms. The van der Waals surface area contributed by atoms with Gasteiger partial charge in [0.25, 0.3) is 0 Å². The lowest BCUT2D eigenvalue weighted by Crippen LogP contribution is -2.50. The molecule has 0 N–H and O–H groups in total. The summed E-state index contributed by atoms with van der Waals surface area (Å²) in [5.41, 5.74) is 2.31. The molecule has 4 atom stereocenters. The van der Waals surface area contributed by atoms with Crippen LogP contribution in [-0.4, -0.2) is 30.1 Å². The van der Waals surface area contributed by atoms with E-state index in [4.69, 9.17) is 4.74 Å². The van der Waals surface area contributed by atoms with Crippen LogP contribution in [0.15, 0.2) is 54.6 Å². The Balaban J connectivity index is 1.64. The minimum absolute atomic E-state index is 0.0903. The topological polar surface area (TPSA) is 29.5 Å². The van der Waals surface area contributed by atoms with E-state index in [1.807, 2.05) is 18.2 Å². The van der Waals surface area contributed by atoms with Crippen molar-refractivity contribution < 1.29 is 13.9 Å². The molecule has 0 saturated carbocycles. The van der Waals surface area contributed by atoms with Crippen LogP contribution in [0.1, 0.15) is 36.3 Å². The van der Waals surface area contributed by atoms with Crippen LogP contribution in [0, 0.1) is 11.7 Å². The van der Waals surface area contributed by atoms with Crippen molar-refractivity contribution in [3.8, 4) is 0 Å². The molecule has 3 nitrogen and oxygen atoms in total. The van der Waals surface area contributed by atoms with E-state index in [1.54, 1.807) is 0 Å². The first-order chi connectivity index (χ1) is 12.7. The third-order valence-corrected chi connectivity index (χ3v) is 6.04. The molecule has 0 spiro atoms. The largest absolute Gasteiger partial charge is 0.469 e. The molecule has 2 bridgehead atoms. The zero-order valence-electron chi connectivity index (χ0n) is 15.0. The highest BCUT2D eigenvalue weighted by Gasteiger charge is 2.50. The lowest BCUT2D eigenvalue weighted by Gasteiger charge is -2.43. The van der Waals surface area contributed by atoms with Crippen molar-refractivity contribution in [1.29, 1.82) is 0 Å². The first kappa shape index (κ1) is 17.2. The summed E-state index contributed by atoms with van der Waals surface area (Å²) in [4.78, 5) is 15.2. The summed E-state index contributed by atoms with van der Waals surface area (Å²) in [5.74, 6) is -0.504. The van der Waals surface area contributed by atoms with Crippen LogP contribution in [0.25, 0.3) is 0 Å². The van der Waals surface area contributed by atoms with Crippen LogP contribution in [0.3, 0.4) is 0 Å². The molecule has 2 unspecified atom stereocenters. The molecule has 0 aliphatic carbocycles. The van der Waals surface area contributed by atoms with Gasteiger partial charge in [-0.3, -0.25) is 9.69 Å². The molecule has 136 valence electrons. The van der Waals surface area contributed by atoms with E-state index in [2.05, 4.69) is 29.2 Å². The molecule has 0 aromatic heterocycles. The number of ether oxygens (including phenoxy) is 1. The average molecular weight is 353 g/mol. The van der Waals surface area contributed by atoms with E-state index < -0.39 is 0 Å². The normalized spacial score (nSPS) is 28.1. The van der Waals surface area contributed by atoms with E-state index >= 15 is 0 Å². The van der Waals surface area contributed by atoms with Gasteiger partial charge in [0.05, 0.1) is 13.0 Å². The van der Waals surface area contributed by atoms with Gasteiger partial charge in [0, 0.05) is 24.5 Å². The fourth-order valence-corrected chi connectivity index (χ4v) is 4.86. The van der Waals surface area contributed by atoms with Crippen LogP contribution in [0.5, 0.6) is 0 Å². The van der Waals surface area contributed by atoms with Gasteiger partial charge < -0.3 is 4.74 Å². The maximum Gasteiger partial charge on any atom is 0.310 e. The third-order valence-electron chi connectivity index (χ3n) is 6.04. The Bertz CT molecular complexity index is 761. The quantitative estimate of drug-likeness (QED) is 0.774. The summed E-state index contributed by atoms with van der Waals surface area (Å²) in [6.07, 6.45) is 3.02. The highest BCUT2D eigenvalue weighted by molar-refractivity contribution is 5.75. The second-order valence-electron chi connectivity index (χ2n) is 7.40. The van der Waals surface area contributed by atoms with Gasteiger partial charge in [0.1, 0.15) is 5.82 Å². The van der Waals surface area contributed by atoms with Gasteiger partial charge in [0.15, 0.2) is 0 Å². The summed E-state index contributed by atoms with van der Waals surface area (Å²) in [5, 5.41) is 0. The number of halogens is 1. The molecule has 2 aromatic carbocycles. The summed E-state index contributed by atoms with van der Waals surface area (Å²) >= 11 is 0. The van der Waals surface area contributed by atoms with Crippen molar-refractivity contribution in [1.82, 2.24) is 4.90 Å². The van der Waals surface area contributed by atoms with Gasteiger partial charge >= 0.3 is 5.97 Å². The Morgan fingerprint density at radius 1 is 1.12 bits per heavy atom. The standard InChI is InChI=1S/C22H24FNO2/c1-26-22(25)21-19(16-7-9-17(23)10-8-16)13-18-11-12-20(21)24(18)14-15-5-3-2-4-6-15/h2-10,18-21H,11-14H2,1H3/t18?,19-,20?,21+/m1/s1. The Kier molecular flexibility index (Phi) is 4.77. The van der Waals surface area contributed by atoms with Gasteiger partial charge in [-0.15, -0.1) is 0 Å². The fourth-order valence-electron chi connectivity index (χ4n) is 4.86. The summed E-state index contributed by atoms with van der Waals surface area (Å²) < 4.78 is 18.5. The number of hydrogen-bond acceptors (Lipinski definition) is 3. The van der Waals surface area contributed by atoms with Crippen LogP contribution >= 0.6 is 0 Å². The highest BCUT2D eigenvalue weighted by Crippen LogP contribution is 2.47. The van der Waals surface area contributed by atoms with Crippen molar-refractivity contribution in [3.63, 3.8) is 0 Å². The molecule has 4 rings (SSSR count). The number of carbonyl (C=O) groups is 1. The molecule has 2 saturated heterocycles. The number of piperidine rings is 1. The van der Waals surface area contributed by atoms with Crippen LogP contribution in [-0.2, 0) is 16.1 Å². The number of carbonyl (C=O) groups excluding carboxylic acids is 1. The highest BCUT2D eigenvalue weighted by atomic mass is 19.1. The van der Waals surface area contributed by atoms with Gasteiger partial charge in [-0.05, 0) is 42.5 Å². The second kappa shape index (κ2) is 7.20. The third kappa shape index (κ3) is 3.14. The summed E-state index contributed by atoms with van der Waals surface area (Å²) in [6.45, 7) is 0.861. The number of benzene rings is 2.